The summed E-state index contributed by atoms with van der Waals surface area (Å²) >= 11 is 5.86. The molecular formula is C22H15ClO2. The van der Waals surface area contributed by atoms with E-state index in [0.717, 1.165) is 22.3 Å². The van der Waals surface area contributed by atoms with Gasteiger partial charge in [-0.25, -0.2) is 0 Å². The zero-order valence-corrected chi connectivity index (χ0v) is 14.2. The van der Waals surface area contributed by atoms with Gasteiger partial charge in [0, 0.05) is 16.1 Å². The van der Waals surface area contributed by atoms with Crippen LogP contribution < -0.4 is 4.74 Å². The van der Waals surface area contributed by atoms with Crippen LogP contribution in [0.2, 0.25) is 5.02 Å². The van der Waals surface area contributed by atoms with Crippen molar-refractivity contribution in [1.82, 2.24) is 0 Å². The van der Waals surface area contributed by atoms with Crippen LogP contribution in [0.3, 0.4) is 0 Å². The Bertz CT molecular complexity index is 1010. The van der Waals surface area contributed by atoms with E-state index in [9.17, 15) is 4.79 Å². The van der Waals surface area contributed by atoms with Crippen molar-refractivity contribution in [3.63, 3.8) is 0 Å². The zero-order chi connectivity index (χ0) is 17.2. The highest BCUT2D eigenvalue weighted by molar-refractivity contribution is 6.30. The maximum Gasteiger partial charge on any atom is 0.185 e. The van der Waals surface area contributed by atoms with E-state index in [2.05, 4.69) is 24.3 Å². The van der Waals surface area contributed by atoms with E-state index < -0.39 is 0 Å². The minimum Gasteiger partial charge on any atom is -0.488 e. The Hall–Kier alpha value is -2.84. The lowest BCUT2D eigenvalue weighted by atomic mass is 9.99. The summed E-state index contributed by atoms with van der Waals surface area (Å²) in [6.07, 6.45) is 5.49. The van der Waals surface area contributed by atoms with Crippen molar-refractivity contribution in [3.8, 4) is 5.75 Å². The summed E-state index contributed by atoms with van der Waals surface area (Å²) in [6, 6.07) is 19.1. The van der Waals surface area contributed by atoms with Gasteiger partial charge in [-0.1, -0.05) is 48.0 Å². The van der Waals surface area contributed by atoms with E-state index >= 15 is 0 Å². The molecule has 1 aliphatic rings. The SMILES string of the molecule is O=C(/C=C/C1=Cc2c(ccc3ccccc23)OC1)c1ccc(Cl)cc1. The van der Waals surface area contributed by atoms with Crippen LogP contribution in [0.4, 0.5) is 0 Å². The molecule has 0 fully saturated rings. The van der Waals surface area contributed by atoms with Crippen molar-refractivity contribution in [2.45, 2.75) is 0 Å². The van der Waals surface area contributed by atoms with E-state index in [1.807, 2.05) is 24.3 Å². The normalized spacial score (nSPS) is 13.4. The first-order chi connectivity index (χ1) is 12.2. The Morgan fingerprint density at radius 1 is 1.00 bits per heavy atom. The molecule has 0 N–H and O–H groups in total. The predicted octanol–water partition coefficient (Wildman–Crippen LogP) is 5.71. The molecule has 0 saturated heterocycles. The molecule has 1 heterocycles. The fourth-order valence-electron chi connectivity index (χ4n) is 2.93. The van der Waals surface area contributed by atoms with Gasteiger partial charge in [0.2, 0.25) is 0 Å². The predicted molar refractivity (Wildman–Crippen MR) is 102 cm³/mol. The lowest BCUT2D eigenvalue weighted by Crippen LogP contribution is -2.06. The van der Waals surface area contributed by atoms with Gasteiger partial charge in [0.05, 0.1) is 0 Å². The number of carbonyl (C=O) groups excluding carboxylic acids is 1. The molecule has 3 aromatic rings. The highest BCUT2D eigenvalue weighted by atomic mass is 35.5. The molecule has 3 heteroatoms. The van der Waals surface area contributed by atoms with Crippen LogP contribution in [0.25, 0.3) is 16.8 Å². The number of carbonyl (C=O) groups is 1. The Morgan fingerprint density at radius 3 is 2.64 bits per heavy atom. The molecule has 2 nitrogen and oxygen atoms in total. The van der Waals surface area contributed by atoms with Gasteiger partial charge in [0.1, 0.15) is 12.4 Å². The average molecular weight is 347 g/mol. The van der Waals surface area contributed by atoms with Crippen molar-refractivity contribution in [2.24, 2.45) is 0 Å². The minimum absolute atomic E-state index is 0.0544. The molecular weight excluding hydrogens is 332 g/mol. The Labute approximate surface area is 151 Å². The molecule has 0 aliphatic carbocycles. The van der Waals surface area contributed by atoms with Crippen LogP contribution in [0.1, 0.15) is 15.9 Å². The Balaban J connectivity index is 1.64. The molecule has 25 heavy (non-hydrogen) atoms. The Morgan fingerprint density at radius 2 is 1.80 bits per heavy atom. The third-order valence-corrected chi connectivity index (χ3v) is 4.48. The highest BCUT2D eigenvalue weighted by Crippen LogP contribution is 2.33. The molecule has 122 valence electrons. The first kappa shape index (κ1) is 15.7. The summed E-state index contributed by atoms with van der Waals surface area (Å²) in [6.45, 7) is 0.454. The molecule has 0 saturated carbocycles. The zero-order valence-electron chi connectivity index (χ0n) is 13.4. The van der Waals surface area contributed by atoms with E-state index in [-0.39, 0.29) is 5.78 Å². The second-order valence-corrected chi connectivity index (χ2v) is 6.35. The van der Waals surface area contributed by atoms with E-state index in [0.29, 0.717) is 17.2 Å². The summed E-state index contributed by atoms with van der Waals surface area (Å²) in [7, 11) is 0. The molecule has 1 aliphatic heterocycles. The number of halogens is 1. The van der Waals surface area contributed by atoms with Gasteiger partial charge < -0.3 is 4.74 Å². The summed E-state index contributed by atoms with van der Waals surface area (Å²) in [5.74, 6) is 0.821. The smallest absolute Gasteiger partial charge is 0.185 e. The lowest BCUT2D eigenvalue weighted by molar-refractivity contribution is 0.104. The molecule has 4 rings (SSSR count). The van der Waals surface area contributed by atoms with E-state index in [1.54, 1.807) is 30.3 Å². The lowest BCUT2D eigenvalue weighted by Gasteiger charge is -2.18. The summed E-state index contributed by atoms with van der Waals surface area (Å²) in [5, 5.41) is 2.94. The van der Waals surface area contributed by atoms with Crippen LogP contribution >= 0.6 is 11.6 Å². The fourth-order valence-corrected chi connectivity index (χ4v) is 3.05. The van der Waals surface area contributed by atoms with Gasteiger partial charge in [0.15, 0.2) is 5.78 Å². The summed E-state index contributed by atoms with van der Waals surface area (Å²) in [4.78, 5) is 12.3. The maximum atomic E-state index is 12.3. The van der Waals surface area contributed by atoms with Gasteiger partial charge in [0.25, 0.3) is 0 Å². The molecule has 0 radical (unpaired) electrons. The summed E-state index contributed by atoms with van der Waals surface area (Å²) < 4.78 is 5.85. The van der Waals surface area contributed by atoms with Gasteiger partial charge in [-0.15, -0.1) is 0 Å². The number of fused-ring (bicyclic) bond motifs is 3. The van der Waals surface area contributed by atoms with Crippen LogP contribution in [0.5, 0.6) is 5.75 Å². The minimum atomic E-state index is -0.0544. The highest BCUT2D eigenvalue weighted by Gasteiger charge is 2.13. The molecule has 0 unspecified atom stereocenters. The van der Waals surface area contributed by atoms with Crippen molar-refractivity contribution >= 4 is 34.2 Å². The van der Waals surface area contributed by atoms with Crippen LogP contribution in [0.15, 0.2) is 78.4 Å². The molecule has 0 atom stereocenters. The van der Waals surface area contributed by atoms with Crippen molar-refractivity contribution in [1.29, 1.82) is 0 Å². The largest absolute Gasteiger partial charge is 0.488 e. The van der Waals surface area contributed by atoms with Crippen molar-refractivity contribution < 1.29 is 9.53 Å². The number of ketones is 1. The average Bonchev–Trinajstić information content (AvgIpc) is 2.66. The third kappa shape index (κ3) is 3.21. The number of hydrogen-bond acceptors (Lipinski definition) is 2. The number of rotatable bonds is 3. The van der Waals surface area contributed by atoms with Crippen LogP contribution in [-0.2, 0) is 0 Å². The van der Waals surface area contributed by atoms with Crippen molar-refractivity contribution in [3.05, 3.63) is 94.5 Å². The number of benzene rings is 3. The second-order valence-electron chi connectivity index (χ2n) is 5.91. The second kappa shape index (κ2) is 6.58. The number of hydrogen-bond donors (Lipinski definition) is 0. The molecule has 0 spiro atoms. The Kier molecular flexibility index (Phi) is 4.12. The van der Waals surface area contributed by atoms with Crippen molar-refractivity contribution in [2.75, 3.05) is 6.61 Å². The first-order valence-electron chi connectivity index (χ1n) is 8.04. The number of ether oxygens (including phenoxy) is 1. The monoisotopic (exact) mass is 346 g/mol. The molecule has 3 aromatic carbocycles. The molecule has 0 amide bonds. The fraction of sp³-hybridized carbons (Fsp3) is 0.0455. The van der Waals surface area contributed by atoms with Gasteiger partial charge in [-0.2, -0.15) is 0 Å². The van der Waals surface area contributed by atoms with Gasteiger partial charge in [-0.05, 0) is 58.8 Å². The maximum absolute atomic E-state index is 12.3. The van der Waals surface area contributed by atoms with E-state index in [1.165, 1.54) is 5.39 Å². The number of allylic oxidation sites excluding steroid dienone is 1. The van der Waals surface area contributed by atoms with Crippen LogP contribution in [-0.4, -0.2) is 12.4 Å². The quantitative estimate of drug-likeness (QED) is 0.448. The molecule has 0 bridgehead atoms. The first-order valence-corrected chi connectivity index (χ1v) is 8.41. The van der Waals surface area contributed by atoms with Crippen LogP contribution in [0, 0.1) is 0 Å². The van der Waals surface area contributed by atoms with Gasteiger partial charge in [-0.3, -0.25) is 4.79 Å². The standard InChI is InChI=1S/C22H15ClO2/c23-18-9-6-17(7-10-18)21(24)11-5-15-13-20-19-4-2-1-3-16(19)8-12-22(20)25-14-15/h1-13H,14H2/b11-5+. The topological polar surface area (TPSA) is 26.3 Å². The summed E-state index contributed by atoms with van der Waals surface area (Å²) in [5.41, 5.74) is 2.64. The van der Waals surface area contributed by atoms with E-state index in [4.69, 9.17) is 16.3 Å². The molecule has 0 aromatic heterocycles. The third-order valence-electron chi connectivity index (χ3n) is 4.23. The van der Waals surface area contributed by atoms with Gasteiger partial charge >= 0.3 is 0 Å².